The third kappa shape index (κ3) is 2.58. The van der Waals surface area contributed by atoms with E-state index in [0.29, 0.717) is 12.0 Å². The molecule has 0 heterocycles. The molecule has 0 radical (unpaired) electrons. The van der Waals surface area contributed by atoms with Crippen LogP contribution in [0.3, 0.4) is 0 Å². The van der Waals surface area contributed by atoms with Gasteiger partial charge in [0.25, 0.3) is 0 Å². The van der Waals surface area contributed by atoms with Crippen LogP contribution in [0.1, 0.15) is 11.1 Å². The number of hydrogen-bond donors (Lipinski definition) is 0. The highest BCUT2D eigenvalue weighted by molar-refractivity contribution is 5.69. The Balaban J connectivity index is 2.51. The van der Waals surface area contributed by atoms with E-state index in [2.05, 4.69) is 6.07 Å². The summed E-state index contributed by atoms with van der Waals surface area (Å²) in [6, 6.07) is 12.8. The normalized spacial score (nSPS) is 10.0. The zero-order valence-corrected chi connectivity index (χ0v) is 10.9. The van der Waals surface area contributed by atoms with Gasteiger partial charge in [-0.3, -0.25) is 0 Å². The van der Waals surface area contributed by atoms with Gasteiger partial charge in [0.2, 0.25) is 0 Å². The van der Waals surface area contributed by atoms with Gasteiger partial charge in [0, 0.05) is 5.56 Å². The van der Waals surface area contributed by atoms with E-state index < -0.39 is 0 Å². The number of methoxy groups -OCH3 is 1. The molecule has 2 aromatic carbocycles. The second-order valence-corrected chi connectivity index (χ2v) is 4.31. The van der Waals surface area contributed by atoms with E-state index in [1.54, 1.807) is 18.2 Å². The second kappa shape index (κ2) is 5.53. The molecular weight excluding hydrogens is 241 g/mol. The maximum Gasteiger partial charge on any atom is 0.172 e. The van der Waals surface area contributed by atoms with Crippen LogP contribution < -0.4 is 4.74 Å². The zero-order valence-electron chi connectivity index (χ0n) is 10.9. The standard InChI is InChI=1S/C16H14FNO/c1-11-10-12(8-9-18)6-7-13(11)14-4-3-5-15(19-2)16(14)17/h3-7,10H,8H2,1-2H3. The highest BCUT2D eigenvalue weighted by Gasteiger charge is 2.12. The molecule has 2 rings (SSSR count). The molecule has 0 aromatic heterocycles. The predicted molar refractivity (Wildman–Crippen MR) is 72.4 cm³/mol. The van der Waals surface area contributed by atoms with Crippen molar-refractivity contribution < 1.29 is 9.13 Å². The van der Waals surface area contributed by atoms with E-state index in [1.165, 1.54) is 7.11 Å². The molecule has 0 aliphatic rings. The summed E-state index contributed by atoms with van der Waals surface area (Å²) in [5.41, 5.74) is 3.21. The molecule has 0 saturated heterocycles. The molecule has 19 heavy (non-hydrogen) atoms. The van der Waals surface area contributed by atoms with Crippen molar-refractivity contribution in [1.82, 2.24) is 0 Å². The maximum absolute atomic E-state index is 14.2. The summed E-state index contributed by atoms with van der Waals surface area (Å²) >= 11 is 0. The summed E-state index contributed by atoms with van der Waals surface area (Å²) in [5.74, 6) is -0.126. The lowest BCUT2D eigenvalue weighted by Crippen LogP contribution is -1.93. The lowest BCUT2D eigenvalue weighted by atomic mass is 9.97. The predicted octanol–water partition coefficient (Wildman–Crippen LogP) is 3.88. The van der Waals surface area contributed by atoms with Crippen molar-refractivity contribution in [3.05, 3.63) is 53.3 Å². The molecule has 0 aliphatic heterocycles. The van der Waals surface area contributed by atoms with Crippen molar-refractivity contribution in [2.45, 2.75) is 13.3 Å². The Morgan fingerprint density at radius 1 is 1.21 bits per heavy atom. The minimum absolute atomic E-state index is 0.234. The molecule has 3 heteroatoms. The van der Waals surface area contributed by atoms with Gasteiger partial charge in [-0.2, -0.15) is 5.26 Å². The number of rotatable bonds is 3. The lowest BCUT2D eigenvalue weighted by Gasteiger charge is -2.11. The van der Waals surface area contributed by atoms with E-state index in [-0.39, 0.29) is 11.6 Å². The third-order valence-corrected chi connectivity index (χ3v) is 3.05. The third-order valence-electron chi connectivity index (χ3n) is 3.05. The summed E-state index contributed by atoms with van der Waals surface area (Å²) in [6.07, 6.45) is 0.363. The number of ether oxygens (including phenoxy) is 1. The number of nitriles is 1. The van der Waals surface area contributed by atoms with Crippen molar-refractivity contribution in [3.8, 4) is 22.9 Å². The van der Waals surface area contributed by atoms with E-state index in [9.17, 15) is 4.39 Å². The van der Waals surface area contributed by atoms with Gasteiger partial charge in [-0.05, 0) is 29.7 Å². The summed E-state index contributed by atoms with van der Waals surface area (Å²) < 4.78 is 19.2. The lowest BCUT2D eigenvalue weighted by molar-refractivity contribution is 0.387. The number of benzene rings is 2. The van der Waals surface area contributed by atoms with Gasteiger partial charge >= 0.3 is 0 Å². The highest BCUT2D eigenvalue weighted by Crippen LogP contribution is 2.31. The zero-order chi connectivity index (χ0) is 13.8. The van der Waals surface area contributed by atoms with E-state index in [0.717, 1.165) is 16.7 Å². The largest absolute Gasteiger partial charge is 0.494 e. The van der Waals surface area contributed by atoms with Crippen LogP contribution in [-0.2, 0) is 6.42 Å². The van der Waals surface area contributed by atoms with Crippen LogP contribution >= 0.6 is 0 Å². The van der Waals surface area contributed by atoms with E-state index in [1.807, 2.05) is 25.1 Å². The minimum atomic E-state index is -0.360. The first kappa shape index (κ1) is 13.1. The summed E-state index contributed by atoms with van der Waals surface area (Å²) in [6.45, 7) is 1.91. The molecule has 0 bridgehead atoms. The Morgan fingerprint density at radius 2 is 2.00 bits per heavy atom. The molecular formula is C16H14FNO. The summed E-state index contributed by atoms with van der Waals surface area (Å²) in [4.78, 5) is 0. The number of nitrogens with zero attached hydrogens (tertiary/aromatic N) is 1. The van der Waals surface area contributed by atoms with Gasteiger partial charge in [0.15, 0.2) is 11.6 Å². The Labute approximate surface area is 112 Å². The van der Waals surface area contributed by atoms with Crippen molar-refractivity contribution in [2.24, 2.45) is 0 Å². The molecule has 0 aliphatic carbocycles. The maximum atomic E-state index is 14.2. The Hall–Kier alpha value is -2.34. The van der Waals surface area contributed by atoms with Crippen LogP contribution in [0.15, 0.2) is 36.4 Å². The molecule has 0 spiro atoms. The van der Waals surface area contributed by atoms with Crippen LogP contribution in [-0.4, -0.2) is 7.11 Å². The fourth-order valence-corrected chi connectivity index (χ4v) is 2.11. The smallest absolute Gasteiger partial charge is 0.172 e. The quantitative estimate of drug-likeness (QED) is 0.834. The Kier molecular flexibility index (Phi) is 3.82. The van der Waals surface area contributed by atoms with Crippen molar-refractivity contribution in [3.63, 3.8) is 0 Å². The van der Waals surface area contributed by atoms with Gasteiger partial charge in [0.1, 0.15) is 0 Å². The average Bonchev–Trinajstić information content (AvgIpc) is 2.40. The molecule has 0 atom stereocenters. The monoisotopic (exact) mass is 255 g/mol. The summed E-state index contributed by atoms with van der Waals surface area (Å²) in [5, 5.41) is 8.68. The van der Waals surface area contributed by atoms with Crippen LogP contribution in [0.25, 0.3) is 11.1 Å². The second-order valence-electron chi connectivity index (χ2n) is 4.31. The van der Waals surface area contributed by atoms with Crippen molar-refractivity contribution in [1.29, 1.82) is 5.26 Å². The van der Waals surface area contributed by atoms with Gasteiger partial charge in [-0.15, -0.1) is 0 Å². The van der Waals surface area contributed by atoms with Crippen LogP contribution in [0.5, 0.6) is 5.75 Å². The van der Waals surface area contributed by atoms with Gasteiger partial charge in [0.05, 0.1) is 19.6 Å². The SMILES string of the molecule is COc1cccc(-c2ccc(CC#N)cc2C)c1F. The molecule has 0 N–H and O–H groups in total. The Bertz CT molecular complexity index is 644. The molecule has 0 unspecified atom stereocenters. The molecule has 0 saturated carbocycles. The molecule has 2 nitrogen and oxygen atoms in total. The molecule has 2 aromatic rings. The molecule has 0 amide bonds. The van der Waals surface area contributed by atoms with Crippen LogP contribution in [0.2, 0.25) is 0 Å². The first-order chi connectivity index (χ1) is 9.17. The van der Waals surface area contributed by atoms with Crippen LogP contribution in [0, 0.1) is 24.1 Å². The van der Waals surface area contributed by atoms with Crippen LogP contribution in [0.4, 0.5) is 4.39 Å². The first-order valence-electron chi connectivity index (χ1n) is 5.96. The first-order valence-corrected chi connectivity index (χ1v) is 5.96. The molecule has 96 valence electrons. The summed E-state index contributed by atoms with van der Waals surface area (Å²) in [7, 11) is 1.45. The Morgan fingerprint density at radius 3 is 2.63 bits per heavy atom. The van der Waals surface area contributed by atoms with Crippen molar-refractivity contribution >= 4 is 0 Å². The van der Waals surface area contributed by atoms with E-state index in [4.69, 9.17) is 10.00 Å². The molecule has 0 fully saturated rings. The van der Waals surface area contributed by atoms with Gasteiger partial charge in [-0.1, -0.05) is 30.3 Å². The van der Waals surface area contributed by atoms with Gasteiger partial charge in [-0.25, -0.2) is 4.39 Å². The highest BCUT2D eigenvalue weighted by atomic mass is 19.1. The number of aryl methyl sites for hydroxylation is 1. The van der Waals surface area contributed by atoms with Crippen molar-refractivity contribution in [2.75, 3.05) is 7.11 Å². The van der Waals surface area contributed by atoms with Gasteiger partial charge < -0.3 is 4.74 Å². The average molecular weight is 255 g/mol. The minimum Gasteiger partial charge on any atom is -0.494 e. The number of hydrogen-bond acceptors (Lipinski definition) is 2. The fourth-order valence-electron chi connectivity index (χ4n) is 2.11. The van der Waals surface area contributed by atoms with E-state index >= 15 is 0 Å². The fraction of sp³-hybridized carbons (Fsp3) is 0.188. The topological polar surface area (TPSA) is 33.0 Å². The number of halogens is 1.